The zero-order chi connectivity index (χ0) is 17.1. The van der Waals surface area contributed by atoms with Gasteiger partial charge in [-0.3, -0.25) is 9.59 Å². The topological polar surface area (TPSA) is 61.4 Å². The van der Waals surface area contributed by atoms with E-state index in [2.05, 4.69) is 26.6 Å². The highest BCUT2D eigenvalue weighted by atomic mass is 79.9. The SMILES string of the molecule is O=C(NC1CCNC1)C1CCCN(C(=O)c2ccc(Br)c(F)c2)C1. The lowest BCUT2D eigenvalue weighted by molar-refractivity contribution is -0.126. The van der Waals surface area contributed by atoms with E-state index in [0.717, 1.165) is 32.4 Å². The summed E-state index contributed by atoms with van der Waals surface area (Å²) in [5.41, 5.74) is 0.316. The first-order valence-electron chi connectivity index (χ1n) is 8.30. The maximum Gasteiger partial charge on any atom is 0.253 e. The summed E-state index contributed by atoms with van der Waals surface area (Å²) in [7, 11) is 0. The Kier molecular flexibility index (Phi) is 5.50. The van der Waals surface area contributed by atoms with Gasteiger partial charge in [0.2, 0.25) is 5.91 Å². The average Bonchev–Trinajstić information content (AvgIpc) is 3.10. The molecule has 24 heavy (non-hydrogen) atoms. The minimum absolute atomic E-state index is 0.0168. The first kappa shape index (κ1) is 17.4. The van der Waals surface area contributed by atoms with E-state index in [1.807, 2.05) is 0 Å². The lowest BCUT2D eigenvalue weighted by Gasteiger charge is -2.32. The van der Waals surface area contributed by atoms with Crippen LogP contribution >= 0.6 is 15.9 Å². The lowest BCUT2D eigenvalue weighted by Crippen LogP contribution is -2.48. The molecule has 5 nitrogen and oxygen atoms in total. The van der Waals surface area contributed by atoms with Crippen LogP contribution in [0.3, 0.4) is 0 Å². The highest BCUT2D eigenvalue weighted by molar-refractivity contribution is 9.10. The lowest BCUT2D eigenvalue weighted by atomic mass is 9.96. The number of carbonyl (C=O) groups excluding carboxylic acids is 2. The van der Waals surface area contributed by atoms with Gasteiger partial charge in [-0.05, 0) is 59.9 Å². The molecule has 0 saturated carbocycles. The molecule has 7 heteroatoms. The molecule has 1 aromatic carbocycles. The van der Waals surface area contributed by atoms with E-state index in [-0.39, 0.29) is 23.8 Å². The van der Waals surface area contributed by atoms with Crippen LogP contribution in [0.5, 0.6) is 0 Å². The summed E-state index contributed by atoms with van der Waals surface area (Å²) in [6, 6.07) is 4.55. The predicted molar refractivity (Wildman–Crippen MR) is 92.1 cm³/mol. The third kappa shape index (κ3) is 3.95. The highest BCUT2D eigenvalue weighted by Crippen LogP contribution is 2.22. The monoisotopic (exact) mass is 397 g/mol. The molecule has 2 aliphatic rings. The van der Waals surface area contributed by atoms with Crippen molar-refractivity contribution in [2.45, 2.75) is 25.3 Å². The van der Waals surface area contributed by atoms with Crippen molar-refractivity contribution >= 4 is 27.7 Å². The van der Waals surface area contributed by atoms with E-state index in [4.69, 9.17) is 0 Å². The molecular formula is C17H21BrFN3O2. The number of halogens is 2. The summed E-state index contributed by atoms with van der Waals surface area (Å²) >= 11 is 3.09. The van der Waals surface area contributed by atoms with E-state index >= 15 is 0 Å². The van der Waals surface area contributed by atoms with Gasteiger partial charge in [-0.2, -0.15) is 0 Å². The number of hydrogen-bond donors (Lipinski definition) is 2. The Labute approximate surface area is 149 Å². The van der Waals surface area contributed by atoms with Gasteiger partial charge in [-0.15, -0.1) is 0 Å². The molecule has 2 unspecified atom stereocenters. The second kappa shape index (κ2) is 7.61. The van der Waals surface area contributed by atoms with Crippen molar-refractivity contribution in [2.24, 2.45) is 5.92 Å². The maximum absolute atomic E-state index is 13.7. The summed E-state index contributed by atoms with van der Waals surface area (Å²) in [5.74, 6) is -0.853. The third-order valence-electron chi connectivity index (χ3n) is 4.65. The van der Waals surface area contributed by atoms with E-state index in [1.165, 1.54) is 12.1 Å². The quantitative estimate of drug-likeness (QED) is 0.818. The van der Waals surface area contributed by atoms with Crippen LogP contribution in [0.15, 0.2) is 22.7 Å². The normalized spacial score (nSPS) is 24.0. The Bertz CT molecular complexity index is 634. The third-order valence-corrected chi connectivity index (χ3v) is 5.30. The van der Waals surface area contributed by atoms with Crippen LogP contribution < -0.4 is 10.6 Å². The first-order chi connectivity index (χ1) is 11.5. The fourth-order valence-corrected chi connectivity index (χ4v) is 3.53. The van der Waals surface area contributed by atoms with Crippen LogP contribution in [0.2, 0.25) is 0 Å². The Morgan fingerprint density at radius 1 is 1.33 bits per heavy atom. The Balaban J connectivity index is 1.62. The molecule has 0 aliphatic carbocycles. The fraction of sp³-hybridized carbons (Fsp3) is 0.529. The second-order valence-corrected chi connectivity index (χ2v) is 7.27. The van der Waals surface area contributed by atoms with Crippen LogP contribution in [-0.4, -0.2) is 48.9 Å². The molecule has 2 N–H and O–H groups in total. The number of carbonyl (C=O) groups is 2. The van der Waals surface area contributed by atoms with Gasteiger partial charge >= 0.3 is 0 Å². The van der Waals surface area contributed by atoms with Gasteiger partial charge in [0.25, 0.3) is 5.91 Å². The molecule has 2 aliphatic heterocycles. The van der Waals surface area contributed by atoms with E-state index < -0.39 is 5.82 Å². The molecule has 2 heterocycles. The number of hydrogen-bond acceptors (Lipinski definition) is 3. The van der Waals surface area contributed by atoms with Crippen LogP contribution in [0.4, 0.5) is 4.39 Å². The van der Waals surface area contributed by atoms with Crippen molar-refractivity contribution in [2.75, 3.05) is 26.2 Å². The van der Waals surface area contributed by atoms with Crippen molar-refractivity contribution in [1.29, 1.82) is 0 Å². The largest absolute Gasteiger partial charge is 0.352 e. The van der Waals surface area contributed by atoms with E-state index in [9.17, 15) is 14.0 Å². The van der Waals surface area contributed by atoms with Gasteiger partial charge in [-0.1, -0.05) is 0 Å². The molecule has 0 spiro atoms. The van der Waals surface area contributed by atoms with E-state index in [0.29, 0.717) is 23.1 Å². The first-order valence-corrected chi connectivity index (χ1v) is 9.09. The summed E-state index contributed by atoms with van der Waals surface area (Å²) in [5, 5.41) is 6.28. The molecule has 0 bridgehead atoms. The summed E-state index contributed by atoms with van der Waals surface area (Å²) in [4.78, 5) is 26.6. The van der Waals surface area contributed by atoms with Gasteiger partial charge in [0.05, 0.1) is 10.4 Å². The highest BCUT2D eigenvalue weighted by Gasteiger charge is 2.30. The standard InChI is InChI=1S/C17H21BrFN3O2/c18-14-4-3-11(8-15(14)19)17(24)22-7-1-2-12(10-22)16(23)21-13-5-6-20-9-13/h3-4,8,12-13,20H,1-2,5-7,9-10H2,(H,21,23). The van der Waals surface area contributed by atoms with Crippen LogP contribution in [-0.2, 0) is 4.79 Å². The number of piperidine rings is 1. The van der Waals surface area contributed by atoms with Gasteiger partial charge in [0.1, 0.15) is 5.82 Å². The Hall–Kier alpha value is -1.47. The van der Waals surface area contributed by atoms with Crippen molar-refractivity contribution in [3.8, 4) is 0 Å². The molecule has 130 valence electrons. The molecule has 2 atom stereocenters. The molecule has 2 fully saturated rings. The molecular weight excluding hydrogens is 377 g/mol. The average molecular weight is 398 g/mol. The van der Waals surface area contributed by atoms with E-state index in [1.54, 1.807) is 11.0 Å². The maximum atomic E-state index is 13.7. The number of nitrogens with zero attached hydrogens (tertiary/aromatic N) is 1. The van der Waals surface area contributed by atoms with Crippen LogP contribution in [0.1, 0.15) is 29.6 Å². The van der Waals surface area contributed by atoms with Crippen molar-refractivity contribution < 1.29 is 14.0 Å². The summed E-state index contributed by atoms with van der Waals surface area (Å²) < 4.78 is 14.0. The number of nitrogens with one attached hydrogen (secondary N) is 2. The molecule has 2 saturated heterocycles. The Morgan fingerprint density at radius 2 is 2.17 bits per heavy atom. The molecule has 2 amide bonds. The number of amides is 2. The van der Waals surface area contributed by atoms with Gasteiger partial charge in [0, 0.05) is 31.2 Å². The molecule has 1 aromatic rings. The second-order valence-electron chi connectivity index (χ2n) is 6.42. The smallest absolute Gasteiger partial charge is 0.253 e. The van der Waals surface area contributed by atoms with Gasteiger partial charge in [-0.25, -0.2) is 4.39 Å². The molecule has 0 aromatic heterocycles. The minimum Gasteiger partial charge on any atom is -0.352 e. The van der Waals surface area contributed by atoms with Crippen molar-refractivity contribution in [1.82, 2.24) is 15.5 Å². The predicted octanol–water partition coefficient (Wildman–Crippen LogP) is 1.92. The van der Waals surface area contributed by atoms with Gasteiger partial charge in [0.15, 0.2) is 0 Å². The number of rotatable bonds is 3. The van der Waals surface area contributed by atoms with Gasteiger partial charge < -0.3 is 15.5 Å². The van der Waals surface area contributed by atoms with Crippen LogP contribution in [0, 0.1) is 11.7 Å². The minimum atomic E-state index is -0.458. The zero-order valence-corrected chi connectivity index (χ0v) is 14.9. The summed E-state index contributed by atoms with van der Waals surface area (Å²) in [6.07, 6.45) is 2.51. The van der Waals surface area contributed by atoms with Crippen LogP contribution in [0.25, 0.3) is 0 Å². The zero-order valence-electron chi connectivity index (χ0n) is 13.4. The summed E-state index contributed by atoms with van der Waals surface area (Å²) in [6.45, 7) is 2.72. The number of likely N-dealkylation sites (tertiary alicyclic amines) is 1. The fourth-order valence-electron chi connectivity index (χ4n) is 3.28. The Morgan fingerprint density at radius 3 is 2.88 bits per heavy atom. The number of benzene rings is 1. The molecule has 0 radical (unpaired) electrons. The van der Waals surface area contributed by atoms with Crippen molar-refractivity contribution in [3.05, 3.63) is 34.1 Å². The molecule has 3 rings (SSSR count). The van der Waals surface area contributed by atoms with Crippen molar-refractivity contribution in [3.63, 3.8) is 0 Å².